The van der Waals surface area contributed by atoms with Gasteiger partial charge in [-0.3, -0.25) is 4.79 Å². The fraction of sp³-hybridized carbons (Fsp3) is 0.458. The number of hydrogen-bond donors (Lipinski definition) is 1. The molecule has 1 aliphatic carbocycles. The summed E-state index contributed by atoms with van der Waals surface area (Å²) in [7, 11) is 0.235. The van der Waals surface area contributed by atoms with Crippen molar-refractivity contribution in [3.05, 3.63) is 35.9 Å². The predicted molar refractivity (Wildman–Crippen MR) is 130 cm³/mol. The van der Waals surface area contributed by atoms with Crippen LogP contribution in [-0.2, 0) is 16.3 Å². The molecule has 3 aromatic heterocycles. The Morgan fingerprint density at radius 1 is 1.32 bits per heavy atom. The molecule has 4 rings (SSSR count). The lowest BCUT2D eigenvalue weighted by Gasteiger charge is -2.15. The van der Waals surface area contributed by atoms with Crippen LogP contribution in [0.15, 0.2) is 24.5 Å². The summed E-state index contributed by atoms with van der Waals surface area (Å²) in [5.74, 6) is -0.806. The molecule has 1 saturated carbocycles. The fourth-order valence-corrected chi connectivity index (χ4v) is 4.51. The van der Waals surface area contributed by atoms with Crippen molar-refractivity contribution in [3.8, 4) is 17.0 Å². The van der Waals surface area contributed by atoms with Gasteiger partial charge in [-0.05, 0) is 37.1 Å². The summed E-state index contributed by atoms with van der Waals surface area (Å²) in [4.78, 5) is 20.9. The zero-order valence-corrected chi connectivity index (χ0v) is 21.1. The first-order chi connectivity index (χ1) is 16.1. The van der Waals surface area contributed by atoms with Crippen molar-refractivity contribution in [1.29, 1.82) is 0 Å². The number of pyridine rings is 2. The SMILES string of the molecule is COc1ncc(F)c(C)c1-c1cn(COCC[Si](C)(C)C)c2nc(NC(=O)[C@@H]3C[C@@H]3F)ccc12. The van der Waals surface area contributed by atoms with E-state index < -0.39 is 26.0 Å². The Hall–Kier alpha value is -2.85. The van der Waals surface area contributed by atoms with Crippen LogP contribution >= 0.6 is 0 Å². The van der Waals surface area contributed by atoms with Crippen LogP contribution in [0.2, 0.25) is 25.7 Å². The average Bonchev–Trinajstić information content (AvgIpc) is 3.41. The number of methoxy groups -OCH3 is 1. The Kier molecular flexibility index (Phi) is 6.72. The van der Waals surface area contributed by atoms with Crippen LogP contribution in [0.25, 0.3) is 22.2 Å². The van der Waals surface area contributed by atoms with Crippen molar-refractivity contribution in [2.45, 2.75) is 51.9 Å². The molecule has 3 heterocycles. The van der Waals surface area contributed by atoms with E-state index in [2.05, 4.69) is 34.9 Å². The van der Waals surface area contributed by atoms with Crippen LogP contribution < -0.4 is 10.1 Å². The maximum atomic E-state index is 14.4. The van der Waals surface area contributed by atoms with E-state index in [9.17, 15) is 13.6 Å². The van der Waals surface area contributed by atoms with Crippen LogP contribution in [0.1, 0.15) is 12.0 Å². The maximum Gasteiger partial charge on any atom is 0.231 e. The van der Waals surface area contributed by atoms with Gasteiger partial charge in [0.25, 0.3) is 0 Å². The Morgan fingerprint density at radius 3 is 2.71 bits per heavy atom. The van der Waals surface area contributed by atoms with Crippen LogP contribution in [-0.4, -0.2) is 48.4 Å². The van der Waals surface area contributed by atoms with Crippen molar-refractivity contribution >= 4 is 30.8 Å². The fourth-order valence-electron chi connectivity index (χ4n) is 3.76. The second-order valence-corrected chi connectivity index (χ2v) is 15.5. The Labute approximate surface area is 198 Å². The summed E-state index contributed by atoms with van der Waals surface area (Å²) in [5, 5.41) is 3.43. The van der Waals surface area contributed by atoms with Crippen molar-refractivity contribution in [2.75, 3.05) is 19.0 Å². The number of aromatic nitrogens is 3. The molecule has 0 aliphatic heterocycles. The molecular weight excluding hydrogens is 458 g/mol. The summed E-state index contributed by atoms with van der Waals surface area (Å²) < 4.78 is 40.9. The molecule has 1 fully saturated rings. The maximum absolute atomic E-state index is 14.4. The summed E-state index contributed by atoms with van der Waals surface area (Å²) >= 11 is 0. The number of carbonyl (C=O) groups excluding carboxylic acids is 1. The van der Waals surface area contributed by atoms with Gasteiger partial charge in [-0.15, -0.1) is 0 Å². The molecule has 0 aromatic carbocycles. The van der Waals surface area contributed by atoms with Gasteiger partial charge in [0.1, 0.15) is 30.2 Å². The van der Waals surface area contributed by atoms with Gasteiger partial charge in [0.2, 0.25) is 11.8 Å². The van der Waals surface area contributed by atoms with Crippen LogP contribution in [0.4, 0.5) is 14.6 Å². The number of nitrogens with zero attached hydrogens (tertiary/aromatic N) is 3. The van der Waals surface area contributed by atoms with Crippen LogP contribution in [0.3, 0.4) is 0 Å². The molecule has 1 aliphatic rings. The molecule has 10 heteroatoms. The van der Waals surface area contributed by atoms with E-state index >= 15 is 0 Å². The largest absolute Gasteiger partial charge is 0.481 e. The lowest BCUT2D eigenvalue weighted by atomic mass is 10.0. The first-order valence-corrected chi connectivity index (χ1v) is 15.0. The van der Waals surface area contributed by atoms with Gasteiger partial charge in [-0.25, -0.2) is 18.7 Å². The molecule has 3 aromatic rings. The third kappa shape index (κ3) is 5.12. The molecule has 0 spiro atoms. The zero-order valence-electron chi connectivity index (χ0n) is 20.1. The van der Waals surface area contributed by atoms with Gasteiger partial charge in [-0.2, -0.15) is 0 Å². The standard InChI is InChI=1S/C24H30F2N4O3Si/c1-14-19(26)11-27-24(32-2)21(14)17-12-30(13-33-8-9-34(3,4)5)22-15(17)6-7-20(28-22)29-23(31)16-10-18(16)25/h6-7,11-12,16,18H,8-10,13H2,1-5H3,(H,28,29,31)/t16-,18+/m1/s1. The number of halogens is 2. The lowest BCUT2D eigenvalue weighted by molar-refractivity contribution is -0.117. The molecule has 7 nitrogen and oxygen atoms in total. The Balaban J connectivity index is 1.73. The number of hydrogen-bond acceptors (Lipinski definition) is 5. The number of fused-ring (bicyclic) bond motifs is 1. The van der Waals surface area contributed by atoms with E-state index in [0.29, 0.717) is 40.6 Å². The minimum atomic E-state index is -1.26. The second kappa shape index (κ2) is 9.42. The molecule has 0 bridgehead atoms. The highest BCUT2D eigenvalue weighted by atomic mass is 28.3. The molecule has 182 valence electrons. The normalized spacial score (nSPS) is 17.7. The van der Waals surface area contributed by atoms with Crippen LogP contribution in [0.5, 0.6) is 5.88 Å². The van der Waals surface area contributed by atoms with Gasteiger partial charge in [0, 0.05) is 31.8 Å². The number of nitrogens with one attached hydrogen (secondary N) is 1. The molecule has 34 heavy (non-hydrogen) atoms. The third-order valence-corrected chi connectivity index (χ3v) is 7.66. The topological polar surface area (TPSA) is 78.3 Å². The summed E-state index contributed by atoms with van der Waals surface area (Å²) in [5.41, 5.74) is 2.19. The Morgan fingerprint density at radius 2 is 2.06 bits per heavy atom. The zero-order chi connectivity index (χ0) is 24.6. The van der Waals surface area contributed by atoms with Gasteiger partial charge in [0.15, 0.2) is 0 Å². The van der Waals surface area contributed by atoms with Gasteiger partial charge in [0.05, 0.1) is 24.8 Å². The summed E-state index contributed by atoms with van der Waals surface area (Å²) in [6.07, 6.45) is 2.13. The highest BCUT2D eigenvalue weighted by Gasteiger charge is 2.43. The van der Waals surface area contributed by atoms with E-state index in [0.717, 1.165) is 17.6 Å². The van der Waals surface area contributed by atoms with Gasteiger partial charge < -0.3 is 19.4 Å². The third-order valence-electron chi connectivity index (χ3n) is 5.95. The van der Waals surface area contributed by atoms with Gasteiger partial charge in [-0.1, -0.05) is 19.6 Å². The minimum Gasteiger partial charge on any atom is -0.481 e. The van der Waals surface area contributed by atoms with E-state index in [1.54, 1.807) is 19.1 Å². The molecular formula is C24H30F2N4O3Si. The van der Waals surface area contributed by atoms with Gasteiger partial charge >= 0.3 is 0 Å². The number of rotatable bonds is 9. The van der Waals surface area contributed by atoms with E-state index in [1.165, 1.54) is 7.11 Å². The minimum absolute atomic E-state index is 0.241. The molecule has 0 saturated heterocycles. The van der Waals surface area contributed by atoms with Crippen LogP contribution in [0, 0.1) is 18.7 Å². The monoisotopic (exact) mass is 488 g/mol. The van der Waals surface area contributed by atoms with E-state index in [-0.39, 0.29) is 19.1 Å². The quantitative estimate of drug-likeness (QED) is 0.332. The Bertz CT molecular complexity index is 1230. The van der Waals surface area contributed by atoms with Crippen molar-refractivity contribution in [2.24, 2.45) is 5.92 Å². The first-order valence-electron chi connectivity index (χ1n) is 11.3. The molecule has 2 atom stereocenters. The number of carbonyl (C=O) groups is 1. The summed E-state index contributed by atoms with van der Waals surface area (Å²) in [6, 6.07) is 4.47. The van der Waals surface area contributed by atoms with Crippen molar-refractivity contribution in [1.82, 2.24) is 14.5 Å². The molecule has 0 unspecified atom stereocenters. The van der Waals surface area contributed by atoms with E-state index in [1.807, 2.05) is 10.8 Å². The van der Waals surface area contributed by atoms with Crippen molar-refractivity contribution in [3.63, 3.8) is 0 Å². The number of ether oxygens (including phenoxy) is 2. The molecule has 1 N–H and O–H groups in total. The lowest BCUT2D eigenvalue weighted by Crippen LogP contribution is -2.22. The smallest absolute Gasteiger partial charge is 0.231 e. The highest BCUT2D eigenvalue weighted by molar-refractivity contribution is 6.76. The number of alkyl halides is 1. The van der Waals surface area contributed by atoms with Crippen molar-refractivity contribution < 1.29 is 23.0 Å². The summed E-state index contributed by atoms with van der Waals surface area (Å²) in [6.45, 7) is 9.38. The first kappa shape index (κ1) is 24.3. The number of amides is 1. The predicted octanol–water partition coefficient (Wildman–Crippen LogP) is 5.16. The highest BCUT2D eigenvalue weighted by Crippen LogP contribution is 2.39. The number of anilines is 1. The second-order valence-electron chi connectivity index (χ2n) is 9.89. The average molecular weight is 489 g/mol. The molecule has 1 amide bonds. The molecule has 0 radical (unpaired) electrons. The van der Waals surface area contributed by atoms with E-state index in [4.69, 9.17) is 9.47 Å².